The maximum absolute atomic E-state index is 12.9. The SMILES string of the molecule is CCc1cc(CN2CCOC3(CCN(c4ncccn4)CC3)CC2=O)on1. The highest BCUT2D eigenvalue weighted by atomic mass is 16.5. The number of aromatic nitrogens is 3. The second-order valence-electron chi connectivity index (χ2n) is 7.20. The Morgan fingerprint density at radius 3 is 2.67 bits per heavy atom. The molecule has 0 atom stereocenters. The van der Waals surface area contributed by atoms with Gasteiger partial charge in [0.15, 0.2) is 5.76 Å². The number of carbonyl (C=O) groups excluding carboxylic acids is 1. The first kappa shape index (κ1) is 17.9. The number of piperidine rings is 1. The quantitative estimate of drug-likeness (QED) is 0.810. The van der Waals surface area contributed by atoms with E-state index < -0.39 is 0 Å². The zero-order valence-corrected chi connectivity index (χ0v) is 15.6. The van der Waals surface area contributed by atoms with Crippen molar-refractivity contribution < 1.29 is 14.1 Å². The molecule has 8 nitrogen and oxygen atoms in total. The molecule has 2 aromatic heterocycles. The fourth-order valence-corrected chi connectivity index (χ4v) is 3.78. The molecule has 2 fully saturated rings. The van der Waals surface area contributed by atoms with Gasteiger partial charge in [-0.2, -0.15) is 0 Å². The van der Waals surface area contributed by atoms with E-state index >= 15 is 0 Å². The van der Waals surface area contributed by atoms with Crippen molar-refractivity contribution in [3.8, 4) is 0 Å². The molecule has 0 N–H and O–H groups in total. The van der Waals surface area contributed by atoms with Crippen LogP contribution in [-0.2, 0) is 22.5 Å². The predicted octanol–water partition coefficient (Wildman–Crippen LogP) is 1.82. The second-order valence-corrected chi connectivity index (χ2v) is 7.20. The Hall–Kier alpha value is -2.48. The van der Waals surface area contributed by atoms with Crippen LogP contribution in [0.15, 0.2) is 29.0 Å². The number of anilines is 1. The van der Waals surface area contributed by atoms with Crippen molar-refractivity contribution >= 4 is 11.9 Å². The normalized spacial score (nSPS) is 20.1. The zero-order chi connectivity index (χ0) is 18.7. The van der Waals surface area contributed by atoms with Crippen LogP contribution in [-0.4, -0.2) is 57.8 Å². The molecule has 0 aliphatic carbocycles. The first-order valence-corrected chi connectivity index (χ1v) is 9.56. The van der Waals surface area contributed by atoms with E-state index in [1.807, 2.05) is 24.0 Å². The standard InChI is InChI=1S/C19H25N5O3/c1-2-15-12-16(27-22-15)14-24-10-11-26-19(13-17(24)25)4-8-23(9-5-19)18-20-6-3-7-21-18/h3,6-7,12H,2,4-5,8-11,13-14H2,1H3. The molecule has 2 aliphatic heterocycles. The van der Waals surface area contributed by atoms with Gasteiger partial charge in [0.1, 0.15) is 0 Å². The number of aryl methyl sites for hydroxylation is 1. The second kappa shape index (κ2) is 7.64. The summed E-state index contributed by atoms with van der Waals surface area (Å²) in [4.78, 5) is 25.5. The minimum Gasteiger partial charge on any atom is -0.372 e. The summed E-state index contributed by atoms with van der Waals surface area (Å²) in [5.41, 5.74) is 0.531. The Bertz CT molecular complexity index is 771. The molecule has 2 aliphatic rings. The number of carbonyl (C=O) groups is 1. The fourth-order valence-electron chi connectivity index (χ4n) is 3.78. The Balaban J connectivity index is 1.38. The predicted molar refractivity (Wildman–Crippen MR) is 98.1 cm³/mol. The van der Waals surface area contributed by atoms with E-state index in [2.05, 4.69) is 20.0 Å². The molecular weight excluding hydrogens is 346 g/mol. The van der Waals surface area contributed by atoms with Crippen molar-refractivity contribution in [3.05, 3.63) is 36.0 Å². The molecule has 0 aromatic carbocycles. The van der Waals surface area contributed by atoms with Crippen LogP contribution in [0.2, 0.25) is 0 Å². The fraction of sp³-hybridized carbons (Fsp3) is 0.579. The third-order valence-corrected chi connectivity index (χ3v) is 5.42. The summed E-state index contributed by atoms with van der Waals surface area (Å²) >= 11 is 0. The van der Waals surface area contributed by atoms with Crippen molar-refractivity contribution in [2.24, 2.45) is 0 Å². The largest absolute Gasteiger partial charge is 0.372 e. The summed E-state index contributed by atoms with van der Waals surface area (Å²) in [7, 11) is 0. The van der Waals surface area contributed by atoms with Crippen molar-refractivity contribution in [3.63, 3.8) is 0 Å². The number of nitrogens with zero attached hydrogens (tertiary/aromatic N) is 5. The Labute approximate surface area is 158 Å². The van der Waals surface area contributed by atoms with E-state index in [9.17, 15) is 4.79 Å². The average Bonchev–Trinajstić information content (AvgIpc) is 3.10. The Morgan fingerprint density at radius 2 is 1.96 bits per heavy atom. The lowest BCUT2D eigenvalue weighted by Crippen LogP contribution is -2.47. The van der Waals surface area contributed by atoms with Crippen LogP contribution in [0.25, 0.3) is 0 Å². The van der Waals surface area contributed by atoms with Gasteiger partial charge in [-0.15, -0.1) is 0 Å². The van der Waals surface area contributed by atoms with Gasteiger partial charge in [-0.05, 0) is 25.3 Å². The first-order valence-electron chi connectivity index (χ1n) is 9.56. The Morgan fingerprint density at radius 1 is 1.19 bits per heavy atom. The van der Waals surface area contributed by atoms with Crippen LogP contribution in [0.5, 0.6) is 0 Å². The maximum Gasteiger partial charge on any atom is 0.225 e. The highest BCUT2D eigenvalue weighted by Crippen LogP contribution is 2.33. The van der Waals surface area contributed by atoms with Gasteiger partial charge in [-0.3, -0.25) is 4.79 Å². The van der Waals surface area contributed by atoms with Crippen molar-refractivity contribution in [2.45, 2.75) is 44.8 Å². The summed E-state index contributed by atoms with van der Waals surface area (Å²) in [6.07, 6.45) is 6.34. The van der Waals surface area contributed by atoms with Gasteiger partial charge in [-0.1, -0.05) is 12.1 Å². The zero-order valence-electron chi connectivity index (χ0n) is 15.6. The molecule has 0 radical (unpaired) electrons. The van der Waals surface area contributed by atoms with Crippen LogP contribution in [0.3, 0.4) is 0 Å². The van der Waals surface area contributed by atoms with E-state index in [0.717, 1.165) is 49.8 Å². The van der Waals surface area contributed by atoms with Crippen LogP contribution < -0.4 is 4.90 Å². The third-order valence-electron chi connectivity index (χ3n) is 5.42. The van der Waals surface area contributed by atoms with E-state index in [-0.39, 0.29) is 11.5 Å². The lowest BCUT2D eigenvalue weighted by atomic mass is 9.87. The van der Waals surface area contributed by atoms with Crippen LogP contribution in [0.1, 0.15) is 37.6 Å². The molecule has 1 spiro atoms. The van der Waals surface area contributed by atoms with Gasteiger partial charge >= 0.3 is 0 Å². The van der Waals surface area contributed by atoms with Crippen LogP contribution >= 0.6 is 0 Å². The number of ether oxygens (including phenoxy) is 1. The van der Waals surface area contributed by atoms with Crippen LogP contribution in [0.4, 0.5) is 5.95 Å². The van der Waals surface area contributed by atoms with E-state index in [4.69, 9.17) is 9.26 Å². The average molecular weight is 371 g/mol. The number of rotatable bonds is 4. The molecule has 1 amide bonds. The monoisotopic (exact) mass is 371 g/mol. The highest BCUT2D eigenvalue weighted by molar-refractivity contribution is 5.77. The maximum atomic E-state index is 12.9. The molecule has 8 heteroatoms. The number of hydrogen-bond donors (Lipinski definition) is 0. The van der Waals surface area contributed by atoms with E-state index in [0.29, 0.717) is 26.1 Å². The third kappa shape index (κ3) is 3.95. The number of hydrogen-bond acceptors (Lipinski definition) is 7. The molecule has 144 valence electrons. The van der Waals surface area contributed by atoms with Gasteiger partial charge in [0.2, 0.25) is 11.9 Å². The Kier molecular flexibility index (Phi) is 5.07. The van der Waals surface area contributed by atoms with Gasteiger partial charge in [0, 0.05) is 38.1 Å². The van der Waals surface area contributed by atoms with Crippen LogP contribution in [0, 0.1) is 0 Å². The highest BCUT2D eigenvalue weighted by Gasteiger charge is 2.41. The topological polar surface area (TPSA) is 84.6 Å². The van der Waals surface area contributed by atoms with Gasteiger partial charge in [0.05, 0.1) is 30.9 Å². The molecule has 27 heavy (non-hydrogen) atoms. The molecule has 0 saturated carbocycles. The molecular formula is C19H25N5O3. The van der Waals surface area contributed by atoms with Crippen molar-refractivity contribution in [2.75, 3.05) is 31.1 Å². The smallest absolute Gasteiger partial charge is 0.225 e. The first-order chi connectivity index (χ1) is 13.2. The van der Waals surface area contributed by atoms with Crippen molar-refractivity contribution in [1.29, 1.82) is 0 Å². The summed E-state index contributed by atoms with van der Waals surface area (Å²) in [6, 6.07) is 3.74. The molecule has 4 heterocycles. The molecule has 4 rings (SSSR count). The minimum atomic E-state index is -0.382. The molecule has 0 bridgehead atoms. The van der Waals surface area contributed by atoms with Gasteiger partial charge in [-0.25, -0.2) is 9.97 Å². The summed E-state index contributed by atoms with van der Waals surface area (Å²) < 4.78 is 11.5. The van der Waals surface area contributed by atoms with Gasteiger partial charge in [0.25, 0.3) is 0 Å². The number of amides is 1. The van der Waals surface area contributed by atoms with Crippen molar-refractivity contribution in [1.82, 2.24) is 20.0 Å². The van der Waals surface area contributed by atoms with E-state index in [1.54, 1.807) is 12.4 Å². The summed E-state index contributed by atoms with van der Waals surface area (Å²) in [5, 5.41) is 4.01. The summed E-state index contributed by atoms with van der Waals surface area (Å²) in [6.45, 7) is 5.19. The van der Waals surface area contributed by atoms with Gasteiger partial charge < -0.3 is 19.1 Å². The molecule has 2 aromatic rings. The minimum absolute atomic E-state index is 0.117. The molecule has 0 unspecified atom stereocenters. The van der Waals surface area contributed by atoms with E-state index in [1.165, 1.54) is 0 Å². The lowest BCUT2D eigenvalue weighted by molar-refractivity contribution is -0.134. The molecule has 2 saturated heterocycles. The summed E-state index contributed by atoms with van der Waals surface area (Å²) in [5.74, 6) is 1.59. The lowest BCUT2D eigenvalue weighted by Gasteiger charge is -2.40.